The van der Waals surface area contributed by atoms with Gasteiger partial charge in [0.05, 0.1) is 12.0 Å². The number of carbonyl (C=O) groups excluding carboxylic acids is 2. The molecule has 6 nitrogen and oxygen atoms in total. The van der Waals surface area contributed by atoms with Crippen molar-refractivity contribution in [3.63, 3.8) is 0 Å². The van der Waals surface area contributed by atoms with Crippen LogP contribution in [0.15, 0.2) is 77.9 Å². The van der Waals surface area contributed by atoms with Crippen LogP contribution in [0.5, 0.6) is 5.75 Å². The summed E-state index contributed by atoms with van der Waals surface area (Å²) < 4.78 is 18.3. The van der Waals surface area contributed by atoms with Crippen LogP contribution in [0.4, 0.5) is 10.1 Å². The predicted molar refractivity (Wildman–Crippen MR) is 130 cm³/mol. The van der Waals surface area contributed by atoms with Crippen molar-refractivity contribution >= 4 is 47.1 Å². The molecule has 0 heterocycles. The Hall–Kier alpha value is -3.36. The van der Waals surface area contributed by atoms with E-state index in [0.29, 0.717) is 22.2 Å². The summed E-state index contributed by atoms with van der Waals surface area (Å²) in [5.41, 5.74) is 4.70. The molecule has 170 valence electrons. The molecule has 0 aromatic heterocycles. The lowest BCUT2D eigenvalue weighted by Crippen LogP contribution is -2.20. The average Bonchev–Trinajstić information content (AvgIpc) is 2.81. The first-order valence-electron chi connectivity index (χ1n) is 9.91. The van der Waals surface area contributed by atoms with Gasteiger partial charge in [-0.05, 0) is 65.7 Å². The summed E-state index contributed by atoms with van der Waals surface area (Å²) in [5.74, 6) is 0.453. The summed E-state index contributed by atoms with van der Waals surface area (Å²) in [6.45, 7) is -0.188. The molecule has 0 fully saturated rings. The third kappa shape index (κ3) is 8.59. The normalized spacial score (nSPS) is 10.7. The molecule has 0 aliphatic heterocycles. The van der Waals surface area contributed by atoms with E-state index in [1.165, 1.54) is 42.2 Å². The number of hydrogen-bond acceptors (Lipinski definition) is 5. The van der Waals surface area contributed by atoms with Crippen LogP contribution in [0.3, 0.4) is 0 Å². The van der Waals surface area contributed by atoms with E-state index < -0.39 is 0 Å². The smallest absolute Gasteiger partial charge is 0.262 e. The molecule has 0 saturated carbocycles. The fraction of sp³-hybridized carbons (Fsp3) is 0.125. The first-order valence-corrected chi connectivity index (χ1v) is 11.4. The van der Waals surface area contributed by atoms with Crippen LogP contribution in [0.1, 0.15) is 11.1 Å². The number of halogens is 2. The number of nitrogens with one attached hydrogen (secondary N) is 2. The van der Waals surface area contributed by atoms with Gasteiger partial charge in [-0.2, -0.15) is 5.10 Å². The lowest BCUT2D eigenvalue weighted by Gasteiger charge is -2.07. The number of ether oxygens (including phenoxy) is 1. The Morgan fingerprint density at radius 3 is 2.45 bits per heavy atom. The standard InChI is InChI=1S/C24H21ClFN3O3S/c25-22-4-2-1-3-18(22)15-33-16-24(31)29-27-13-17-5-11-21(12-6-17)32-14-23(30)28-20-9-7-19(26)8-10-20/h1-13H,14-16H2,(H,28,30)(H,29,31)/b27-13-. The zero-order valence-corrected chi connectivity index (χ0v) is 19.0. The molecule has 0 aliphatic carbocycles. The maximum absolute atomic E-state index is 12.9. The van der Waals surface area contributed by atoms with Crippen molar-refractivity contribution in [2.24, 2.45) is 5.10 Å². The largest absolute Gasteiger partial charge is 0.484 e. The van der Waals surface area contributed by atoms with Crippen LogP contribution in [-0.2, 0) is 15.3 Å². The summed E-state index contributed by atoms with van der Waals surface area (Å²) in [7, 11) is 0. The molecule has 3 rings (SSSR count). The van der Waals surface area contributed by atoms with Gasteiger partial charge in [0.25, 0.3) is 5.91 Å². The second-order valence-corrected chi connectivity index (χ2v) is 8.18. The molecule has 3 aromatic carbocycles. The van der Waals surface area contributed by atoms with Gasteiger partial charge in [0.2, 0.25) is 5.91 Å². The molecule has 0 atom stereocenters. The van der Waals surface area contributed by atoms with Crippen molar-refractivity contribution < 1.29 is 18.7 Å². The van der Waals surface area contributed by atoms with E-state index in [2.05, 4.69) is 15.8 Å². The Morgan fingerprint density at radius 2 is 1.73 bits per heavy atom. The summed E-state index contributed by atoms with van der Waals surface area (Å²) in [4.78, 5) is 23.8. The number of hydrogen-bond donors (Lipinski definition) is 2. The number of anilines is 1. The Labute approximate surface area is 200 Å². The second kappa shape index (κ2) is 12.6. The molecule has 0 unspecified atom stereocenters. The van der Waals surface area contributed by atoms with Crippen molar-refractivity contribution in [3.8, 4) is 5.75 Å². The molecule has 2 amide bonds. The monoisotopic (exact) mass is 485 g/mol. The number of hydrazone groups is 1. The van der Waals surface area contributed by atoms with Crippen molar-refractivity contribution in [3.05, 3.63) is 94.8 Å². The van der Waals surface area contributed by atoms with Gasteiger partial charge < -0.3 is 10.1 Å². The second-order valence-electron chi connectivity index (χ2n) is 6.79. The number of thioether (sulfide) groups is 1. The van der Waals surface area contributed by atoms with Gasteiger partial charge in [0.1, 0.15) is 11.6 Å². The van der Waals surface area contributed by atoms with Crippen LogP contribution in [0.25, 0.3) is 0 Å². The lowest BCUT2D eigenvalue weighted by molar-refractivity contribution is -0.119. The third-order valence-electron chi connectivity index (χ3n) is 4.23. The zero-order chi connectivity index (χ0) is 23.5. The van der Waals surface area contributed by atoms with E-state index in [1.54, 1.807) is 24.3 Å². The molecule has 0 radical (unpaired) electrons. The maximum atomic E-state index is 12.9. The van der Waals surface area contributed by atoms with E-state index >= 15 is 0 Å². The molecule has 0 saturated heterocycles. The van der Waals surface area contributed by atoms with Gasteiger partial charge in [-0.1, -0.05) is 29.8 Å². The fourth-order valence-electron chi connectivity index (χ4n) is 2.61. The zero-order valence-electron chi connectivity index (χ0n) is 17.5. The highest BCUT2D eigenvalue weighted by atomic mass is 35.5. The topological polar surface area (TPSA) is 79.8 Å². The lowest BCUT2D eigenvalue weighted by atomic mass is 10.2. The fourth-order valence-corrected chi connectivity index (χ4v) is 3.71. The number of benzene rings is 3. The molecule has 3 aromatic rings. The molecule has 9 heteroatoms. The van der Waals surface area contributed by atoms with Crippen LogP contribution in [0.2, 0.25) is 5.02 Å². The molecule has 0 spiro atoms. The van der Waals surface area contributed by atoms with Gasteiger partial charge in [-0.3, -0.25) is 9.59 Å². The number of amides is 2. The summed E-state index contributed by atoms with van der Waals surface area (Å²) in [6, 6.07) is 19.9. The minimum Gasteiger partial charge on any atom is -0.484 e. The summed E-state index contributed by atoms with van der Waals surface area (Å²) in [6.07, 6.45) is 1.52. The van der Waals surface area contributed by atoms with Gasteiger partial charge in [0.15, 0.2) is 6.61 Å². The molecule has 0 bridgehead atoms. The van der Waals surface area contributed by atoms with E-state index in [-0.39, 0.29) is 30.0 Å². The minimum atomic E-state index is -0.375. The van der Waals surface area contributed by atoms with E-state index in [0.717, 1.165) is 11.1 Å². The van der Waals surface area contributed by atoms with Crippen molar-refractivity contribution in [2.45, 2.75) is 5.75 Å². The van der Waals surface area contributed by atoms with Gasteiger partial charge in [-0.15, -0.1) is 11.8 Å². The molecular weight excluding hydrogens is 465 g/mol. The Balaban J connectivity index is 1.36. The van der Waals surface area contributed by atoms with Gasteiger partial charge in [0, 0.05) is 16.5 Å². The first-order chi connectivity index (χ1) is 16.0. The van der Waals surface area contributed by atoms with Crippen LogP contribution < -0.4 is 15.5 Å². The van der Waals surface area contributed by atoms with Crippen molar-refractivity contribution in [1.82, 2.24) is 5.43 Å². The highest BCUT2D eigenvalue weighted by Gasteiger charge is 2.05. The SMILES string of the molecule is O=C(CSCc1ccccc1Cl)N/N=C\c1ccc(OCC(=O)Nc2ccc(F)cc2)cc1. The van der Waals surface area contributed by atoms with E-state index in [9.17, 15) is 14.0 Å². The number of carbonyl (C=O) groups is 2. The summed E-state index contributed by atoms with van der Waals surface area (Å²) in [5, 5.41) is 7.25. The van der Waals surface area contributed by atoms with Gasteiger partial charge in [-0.25, -0.2) is 9.82 Å². The Bertz CT molecular complexity index is 1110. The number of nitrogens with zero attached hydrogens (tertiary/aromatic N) is 1. The number of rotatable bonds is 10. The van der Waals surface area contributed by atoms with E-state index in [1.807, 2.05) is 24.3 Å². The summed E-state index contributed by atoms with van der Waals surface area (Å²) >= 11 is 7.55. The van der Waals surface area contributed by atoms with Crippen molar-refractivity contribution in [2.75, 3.05) is 17.7 Å². The molecule has 33 heavy (non-hydrogen) atoms. The van der Waals surface area contributed by atoms with Crippen LogP contribution in [0, 0.1) is 5.82 Å². The Kier molecular flexibility index (Phi) is 9.29. The van der Waals surface area contributed by atoms with Crippen molar-refractivity contribution in [1.29, 1.82) is 0 Å². The van der Waals surface area contributed by atoms with Gasteiger partial charge >= 0.3 is 0 Å². The quantitative estimate of drug-likeness (QED) is 0.317. The first kappa shape index (κ1) is 24.3. The van der Waals surface area contributed by atoms with E-state index in [4.69, 9.17) is 16.3 Å². The van der Waals surface area contributed by atoms with Crippen LogP contribution in [-0.4, -0.2) is 30.4 Å². The third-order valence-corrected chi connectivity index (χ3v) is 5.58. The minimum absolute atomic E-state index is 0.188. The highest BCUT2D eigenvalue weighted by molar-refractivity contribution is 7.99. The maximum Gasteiger partial charge on any atom is 0.262 e. The van der Waals surface area contributed by atoms with Crippen LogP contribution >= 0.6 is 23.4 Å². The predicted octanol–water partition coefficient (Wildman–Crippen LogP) is 4.88. The highest BCUT2D eigenvalue weighted by Crippen LogP contribution is 2.20. The Morgan fingerprint density at radius 1 is 1.00 bits per heavy atom. The molecular formula is C24H21ClFN3O3S. The average molecular weight is 486 g/mol. The molecule has 0 aliphatic rings. The molecule has 2 N–H and O–H groups in total.